The van der Waals surface area contributed by atoms with Crippen LogP contribution in [0.2, 0.25) is 0 Å². The highest BCUT2D eigenvalue weighted by Crippen LogP contribution is 2.43. The maximum Gasteiger partial charge on any atom is 0.472 e. The number of nitrogens with zero attached hydrogens (tertiary/aromatic N) is 1. The molecule has 0 spiro atoms. The van der Waals surface area contributed by atoms with E-state index in [1.54, 1.807) is 0 Å². The van der Waals surface area contributed by atoms with Gasteiger partial charge in [0.05, 0.1) is 27.7 Å². The summed E-state index contributed by atoms with van der Waals surface area (Å²) in [5.74, 6) is -0.830. The number of carbonyl (C=O) groups excluding carboxylic acids is 2. The standard InChI is InChI=1S/C54H96NO8P/c1-6-8-10-12-14-16-18-20-22-24-26-27-29-31-33-35-37-39-41-43-45-47-54(57)63-52(51-62-64(58,59)61-49-48-55(3,4)5)50-60-53(56)46-44-42-40-38-36-34-32-30-28-25-23-21-19-17-15-13-11-9-7-2/h15,17-18,20-21,23-24,26,28-31,52H,6-14,16,19,22,25,27,32-51H2,1-5H3/p+1/b17-15-,20-18-,23-21-,26-24-,30-28-,31-29-. The zero-order chi connectivity index (χ0) is 47.1. The molecule has 2 atom stereocenters. The molecule has 0 heterocycles. The van der Waals surface area contributed by atoms with E-state index >= 15 is 0 Å². The van der Waals surface area contributed by atoms with E-state index in [9.17, 15) is 19.0 Å². The Labute approximate surface area is 393 Å². The molecule has 64 heavy (non-hydrogen) atoms. The number of unbranched alkanes of at least 4 members (excludes halogenated alkanes) is 20. The highest BCUT2D eigenvalue weighted by molar-refractivity contribution is 7.47. The van der Waals surface area contributed by atoms with Crippen LogP contribution in [0, 0.1) is 0 Å². The summed E-state index contributed by atoms with van der Waals surface area (Å²) in [5.41, 5.74) is 0. The third-order valence-corrected chi connectivity index (χ3v) is 11.7. The molecule has 10 heteroatoms. The van der Waals surface area contributed by atoms with Crippen LogP contribution in [0.1, 0.15) is 206 Å². The third kappa shape index (κ3) is 48.9. The summed E-state index contributed by atoms with van der Waals surface area (Å²) >= 11 is 0. The topological polar surface area (TPSA) is 108 Å². The molecule has 0 aliphatic heterocycles. The van der Waals surface area contributed by atoms with Gasteiger partial charge < -0.3 is 18.9 Å². The Morgan fingerprint density at radius 2 is 0.844 bits per heavy atom. The maximum atomic E-state index is 12.8. The number of hydrogen-bond donors (Lipinski definition) is 1. The molecule has 9 nitrogen and oxygen atoms in total. The number of ether oxygens (including phenoxy) is 2. The predicted octanol–water partition coefficient (Wildman–Crippen LogP) is 15.4. The number of esters is 2. The molecule has 0 rings (SSSR count). The van der Waals surface area contributed by atoms with Crippen LogP contribution in [0.3, 0.4) is 0 Å². The van der Waals surface area contributed by atoms with Crippen molar-refractivity contribution in [1.29, 1.82) is 0 Å². The molecule has 0 saturated heterocycles. The Hall–Kier alpha value is -2.55. The van der Waals surface area contributed by atoms with Crippen molar-refractivity contribution < 1.29 is 42.1 Å². The molecule has 0 radical (unpaired) electrons. The van der Waals surface area contributed by atoms with Crippen LogP contribution in [0.25, 0.3) is 0 Å². The second-order valence-corrected chi connectivity index (χ2v) is 19.6. The molecule has 1 N–H and O–H groups in total. The highest BCUT2D eigenvalue weighted by Gasteiger charge is 2.27. The van der Waals surface area contributed by atoms with Crippen LogP contribution in [0.4, 0.5) is 0 Å². The number of phosphoric ester groups is 1. The molecule has 0 fully saturated rings. The smallest absolute Gasteiger partial charge is 0.462 e. The third-order valence-electron chi connectivity index (χ3n) is 10.7. The van der Waals surface area contributed by atoms with Gasteiger partial charge in [0.2, 0.25) is 0 Å². The lowest BCUT2D eigenvalue weighted by molar-refractivity contribution is -0.870. The second kappa shape index (κ2) is 45.6. The van der Waals surface area contributed by atoms with Crippen LogP contribution in [0.5, 0.6) is 0 Å². The summed E-state index contributed by atoms with van der Waals surface area (Å²) in [6.45, 7) is 4.36. The van der Waals surface area contributed by atoms with Crippen molar-refractivity contribution in [2.24, 2.45) is 0 Å². The number of rotatable bonds is 46. The van der Waals surface area contributed by atoms with E-state index in [2.05, 4.69) is 86.8 Å². The van der Waals surface area contributed by atoms with Gasteiger partial charge in [-0.1, -0.05) is 177 Å². The van der Waals surface area contributed by atoms with Gasteiger partial charge in [-0.15, -0.1) is 0 Å². The normalized spacial score (nSPS) is 14.0. The number of phosphoric acid groups is 1. The Balaban J connectivity index is 4.33. The van der Waals surface area contributed by atoms with Gasteiger partial charge in [0.15, 0.2) is 6.10 Å². The van der Waals surface area contributed by atoms with Crippen molar-refractivity contribution in [2.45, 2.75) is 213 Å². The number of hydrogen-bond acceptors (Lipinski definition) is 7. The molecule has 0 bridgehead atoms. The van der Waals surface area contributed by atoms with Crippen LogP contribution in [-0.2, 0) is 32.7 Å². The summed E-state index contributed by atoms with van der Waals surface area (Å²) in [7, 11) is 1.45. The SMILES string of the molecule is CCCCC/C=C\C/C=C\C/C=C\CCCCCCCCC(=O)OCC(COP(=O)(O)OCC[N+](C)(C)C)OC(=O)CCCCCCCC/C=C\C/C=C\C/C=C\CCCCCCC. The van der Waals surface area contributed by atoms with Gasteiger partial charge >= 0.3 is 19.8 Å². The highest BCUT2D eigenvalue weighted by atomic mass is 31.2. The van der Waals surface area contributed by atoms with Crippen molar-refractivity contribution in [2.75, 3.05) is 47.5 Å². The quantitative estimate of drug-likeness (QED) is 0.0211. The molecule has 0 aromatic heterocycles. The minimum absolute atomic E-state index is 0.0231. The monoisotopic (exact) mass is 919 g/mol. The van der Waals surface area contributed by atoms with E-state index in [1.165, 1.54) is 77.0 Å². The minimum Gasteiger partial charge on any atom is -0.462 e. The lowest BCUT2D eigenvalue weighted by Crippen LogP contribution is -2.37. The van der Waals surface area contributed by atoms with E-state index in [4.69, 9.17) is 18.5 Å². The Bertz CT molecular complexity index is 1310. The maximum absolute atomic E-state index is 12.8. The van der Waals surface area contributed by atoms with E-state index in [-0.39, 0.29) is 32.0 Å². The first-order valence-corrected chi connectivity index (χ1v) is 27.2. The minimum atomic E-state index is -4.39. The molecule has 0 aromatic rings. The van der Waals surface area contributed by atoms with Gasteiger partial charge in [0.1, 0.15) is 19.8 Å². The average molecular weight is 919 g/mol. The van der Waals surface area contributed by atoms with E-state index < -0.39 is 26.5 Å². The second-order valence-electron chi connectivity index (χ2n) is 18.2. The van der Waals surface area contributed by atoms with E-state index in [1.807, 2.05) is 21.1 Å². The number of likely N-dealkylation sites (N-methyl/N-ethyl adjacent to an activating group) is 1. The number of allylic oxidation sites excluding steroid dienone is 12. The lowest BCUT2D eigenvalue weighted by atomic mass is 10.1. The molecule has 0 aliphatic carbocycles. The molecule has 0 saturated carbocycles. The van der Waals surface area contributed by atoms with E-state index in [0.717, 1.165) is 96.3 Å². The fourth-order valence-electron chi connectivity index (χ4n) is 6.67. The molecule has 0 amide bonds. The summed E-state index contributed by atoms with van der Waals surface area (Å²) < 4.78 is 34.4. The Kier molecular flexibility index (Phi) is 43.8. The fraction of sp³-hybridized carbons (Fsp3) is 0.741. The van der Waals surface area contributed by atoms with Crippen molar-refractivity contribution >= 4 is 19.8 Å². The van der Waals surface area contributed by atoms with Gasteiger partial charge in [-0.05, 0) is 89.9 Å². The Morgan fingerprint density at radius 3 is 1.28 bits per heavy atom. The van der Waals surface area contributed by atoms with E-state index in [0.29, 0.717) is 17.4 Å². The lowest BCUT2D eigenvalue weighted by Gasteiger charge is -2.24. The van der Waals surface area contributed by atoms with Crippen molar-refractivity contribution in [3.63, 3.8) is 0 Å². The van der Waals surface area contributed by atoms with Crippen molar-refractivity contribution in [3.8, 4) is 0 Å². The van der Waals surface area contributed by atoms with Crippen LogP contribution in [-0.4, -0.2) is 74.9 Å². The molecular weight excluding hydrogens is 822 g/mol. The molecule has 0 aromatic carbocycles. The van der Waals surface area contributed by atoms with Gasteiger partial charge in [-0.25, -0.2) is 4.57 Å². The first kappa shape index (κ1) is 61.5. The van der Waals surface area contributed by atoms with Gasteiger partial charge in [-0.3, -0.25) is 18.6 Å². The average Bonchev–Trinajstić information content (AvgIpc) is 3.25. The van der Waals surface area contributed by atoms with Gasteiger partial charge in [-0.2, -0.15) is 0 Å². The number of quaternary nitrogens is 1. The summed E-state index contributed by atoms with van der Waals surface area (Å²) in [4.78, 5) is 35.6. The van der Waals surface area contributed by atoms with Crippen molar-refractivity contribution in [1.82, 2.24) is 0 Å². The molecule has 2 unspecified atom stereocenters. The first-order chi connectivity index (χ1) is 31.0. The predicted molar refractivity (Wildman–Crippen MR) is 270 cm³/mol. The summed E-state index contributed by atoms with van der Waals surface area (Å²) in [5, 5.41) is 0. The van der Waals surface area contributed by atoms with Crippen LogP contribution in [0.15, 0.2) is 72.9 Å². The fourth-order valence-corrected chi connectivity index (χ4v) is 7.42. The van der Waals surface area contributed by atoms with Gasteiger partial charge in [0, 0.05) is 12.8 Å². The number of carbonyl (C=O) groups is 2. The zero-order valence-corrected chi connectivity index (χ0v) is 42.6. The van der Waals surface area contributed by atoms with Gasteiger partial charge in [0.25, 0.3) is 0 Å². The van der Waals surface area contributed by atoms with Crippen LogP contribution >= 0.6 is 7.82 Å². The summed E-state index contributed by atoms with van der Waals surface area (Å²) in [6.07, 6.45) is 58.0. The molecule has 0 aliphatic rings. The zero-order valence-electron chi connectivity index (χ0n) is 41.7. The van der Waals surface area contributed by atoms with Crippen molar-refractivity contribution in [3.05, 3.63) is 72.9 Å². The molecular formula is C54H97NO8P+. The Morgan fingerprint density at radius 1 is 0.484 bits per heavy atom. The first-order valence-electron chi connectivity index (χ1n) is 25.7. The summed E-state index contributed by atoms with van der Waals surface area (Å²) in [6, 6.07) is 0. The van der Waals surface area contributed by atoms with Crippen LogP contribution < -0.4 is 0 Å². The largest absolute Gasteiger partial charge is 0.472 e. The molecule has 370 valence electrons.